The normalized spacial score (nSPS) is 41.8. The second-order valence-electron chi connectivity index (χ2n) is 11.8. The van der Waals surface area contributed by atoms with Gasteiger partial charge in [0.15, 0.2) is 5.78 Å². The number of rotatable bonds is 7. The summed E-state index contributed by atoms with van der Waals surface area (Å²) in [4.78, 5) is 13.4. The number of ketones is 1. The fourth-order valence-corrected chi connectivity index (χ4v) is 7.23. The van der Waals surface area contributed by atoms with Crippen LogP contribution in [0, 0.1) is 35.0 Å². The van der Waals surface area contributed by atoms with Gasteiger partial charge in [0.25, 0.3) is 0 Å². The average Bonchev–Trinajstić information content (AvgIpc) is 3.01. The van der Waals surface area contributed by atoms with Crippen LogP contribution in [0.5, 0.6) is 0 Å². The molecule has 3 rings (SSSR count). The largest absolute Gasteiger partial charge is 0.393 e. The summed E-state index contributed by atoms with van der Waals surface area (Å²) in [6.45, 7) is 11.3. The van der Waals surface area contributed by atoms with E-state index in [1.165, 1.54) is 38.5 Å². The molecule has 0 aromatic heterocycles. The van der Waals surface area contributed by atoms with Crippen LogP contribution in [0.15, 0.2) is 11.6 Å². The molecule has 3 fully saturated rings. The van der Waals surface area contributed by atoms with Crippen LogP contribution in [0.25, 0.3) is 0 Å². The molecule has 0 aliphatic heterocycles. The summed E-state index contributed by atoms with van der Waals surface area (Å²) in [5.74, 6) is 3.04. The Hall–Kier alpha value is -0.670. The third-order valence-corrected chi connectivity index (χ3v) is 9.12. The van der Waals surface area contributed by atoms with E-state index in [-0.39, 0.29) is 17.1 Å². The second kappa shape index (κ2) is 9.45. The molecule has 0 bridgehead atoms. The second-order valence-corrected chi connectivity index (χ2v) is 11.8. The van der Waals surface area contributed by atoms with Crippen LogP contribution in [-0.2, 0) is 4.79 Å². The predicted molar refractivity (Wildman–Crippen MR) is 123 cm³/mol. The summed E-state index contributed by atoms with van der Waals surface area (Å²) in [6, 6.07) is 0. The van der Waals surface area contributed by atoms with Crippen molar-refractivity contribution in [3.63, 3.8) is 0 Å². The van der Waals surface area contributed by atoms with E-state index in [4.69, 9.17) is 0 Å². The van der Waals surface area contributed by atoms with Gasteiger partial charge in [0.2, 0.25) is 0 Å². The van der Waals surface area contributed by atoms with Crippen molar-refractivity contribution in [1.82, 2.24) is 0 Å². The first-order valence-corrected chi connectivity index (χ1v) is 12.7. The van der Waals surface area contributed by atoms with E-state index in [1.54, 1.807) is 13.0 Å². The number of fused-ring (bicyclic) bond motifs is 1. The van der Waals surface area contributed by atoms with Crippen molar-refractivity contribution in [3.8, 4) is 0 Å². The molecule has 2 N–H and O–H groups in total. The van der Waals surface area contributed by atoms with Crippen LogP contribution >= 0.6 is 0 Å². The molecule has 3 aliphatic carbocycles. The number of allylic oxidation sites excluding steroid dienone is 1. The van der Waals surface area contributed by atoms with Gasteiger partial charge in [-0.2, -0.15) is 0 Å². The van der Waals surface area contributed by atoms with Crippen molar-refractivity contribution in [3.05, 3.63) is 11.6 Å². The zero-order chi connectivity index (χ0) is 22.1. The maximum Gasteiger partial charge on any atom is 0.159 e. The number of aliphatic hydroxyl groups excluding tert-OH is 1. The fraction of sp³-hybridized carbons (Fsp3) is 0.889. The molecular weight excluding hydrogens is 372 g/mol. The Morgan fingerprint density at radius 3 is 2.53 bits per heavy atom. The smallest absolute Gasteiger partial charge is 0.159 e. The first kappa shape index (κ1) is 24.0. The Balaban J connectivity index is 1.71. The number of carbonyl (C=O) groups is 1. The SMILES string of the molecule is CC(C)CCCC(C)C1CCC2C(C(=O)C=C3CC(O)CCC3(C)O)CCCC12C. The maximum absolute atomic E-state index is 13.4. The molecule has 7 atom stereocenters. The molecule has 0 amide bonds. The quantitative estimate of drug-likeness (QED) is 0.493. The van der Waals surface area contributed by atoms with Gasteiger partial charge in [-0.3, -0.25) is 4.79 Å². The molecule has 0 heterocycles. The number of hydrogen-bond acceptors (Lipinski definition) is 3. The lowest BCUT2D eigenvalue weighted by Crippen LogP contribution is -2.42. The monoisotopic (exact) mass is 418 g/mol. The van der Waals surface area contributed by atoms with Gasteiger partial charge in [-0.15, -0.1) is 0 Å². The third-order valence-electron chi connectivity index (χ3n) is 9.12. The van der Waals surface area contributed by atoms with E-state index in [2.05, 4.69) is 27.7 Å². The van der Waals surface area contributed by atoms with E-state index in [0.29, 0.717) is 25.2 Å². The van der Waals surface area contributed by atoms with Crippen molar-refractivity contribution in [2.75, 3.05) is 0 Å². The standard InChI is InChI=1S/C27H46O3/c1-18(2)8-6-9-19(3)23-11-12-24-22(10-7-14-26(23,24)4)25(29)17-20-16-21(28)13-15-27(20,5)30/h17-19,21-24,28,30H,6-16H2,1-5H3. The first-order valence-electron chi connectivity index (χ1n) is 12.7. The highest BCUT2D eigenvalue weighted by molar-refractivity contribution is 5.93. The zero-order valence-electron chi connectivity index (χ0n) is 20.1. The van der Waals surface area contributed by atoms with Crippen molar-refractivity contribution < 1.29 is 15.0 Å². The van der Waals surface area contributed by atoms with Crippen LogP contribution in [0.2, 0.25) is 0 Å². The van der Waals surface area contributed by atoms with E-state index in [0.717, 1.165) is 36.2 Å². The average molecular weight is 419 g/mol. The highest BCUT2D eigenvalue weighted by Crippen LogP contribution is 2.60. The lowest BCUT2D eigenvalue weighted by atomic mass is 9.58. The van der Waals surface area contributed by atoms with Gasteiger partial charge >= 0.3 is 0 Å². The van der Waals surface area contributed by atoms with E-state index in [1.807, 2.05) is 0 Å². The van der Waals surface area contributed by atoms with Crippen LogP contribution in [0.3, 0.4) is 0 Å². The first-order chi connectivity index (χ1) is 14.0. The van der Waals surface area contributed by atoms with Crippen LogP contribution < -0.4 is 0 Å². The number of aliphatic hydroxyl groups is 2. The minimum atomic E-state index is -0.948. The summed E-state index contributed by atoms with van der Waals surface area (Å²) in [6.07, 6.45) is 12.7. The van der Waals surface area contributed by atoms with Gasteiger partial charge in [0.1, 0.15) is 0 Å². The molecule has 0 aromatic rings. The van der Waals surface area contributed by atoms with Gasteiger partial charge in [0, 0.05) is 5.92 Å². The van der Waals surface area contributed by atoms with Crippen LogP contribution in [0.1, 0.15) is 105 Å². The molecule has 0 saturated heterocycles. The summed E-state index contributed by atoms with van der Waals surface area (Å²) >= 11 is 0. The summed E-state index contributed by atoms with van der Waals surface area (Å²) in [5, 5.41) is 20.8. The van der Waals surface area contributed by atoms with Crippen molar-refractivity contribution in [1.29, 1.82) is 0 Å². The van der Waals surface area contributed by atoms with E-state index >= 15 is 0 Å². The summed E-state index contributed by atoms with van der Waals surface area (Å²) in [7, 11) is 0. The Morgan fingerprint density at radius 2 is 1.83 bits per heavy atom. The van der Waals surface area contributed by atoms with Crippen molar-refractivity contribution in [2.24, 2.45) is 35.0 Å². The summed E-state index contributed by atoms with van der Waals surface area (Å²) in [5.41, 5.74) is 0.0778. The molecule has 7 unspecified atom stereocenters. The van der Waals surface area contributed by atoms with Gasteiger partial charge in [-0.1, -0.05) is 53.4 Å². The Labute approximate surface area is 184 Å². The van der Waals surface area contributed by atoms with Crippen molar-refractivity contribution in [2.45, 2.75) is 117 Å². The lowest BCUT2D eigenvalue weighted by molar-refractivity contribution is -0.124. The minimum absolute atomic E-state index is 0.0963. The molecule has 0 aromatic carbocycles. The third kappa shape index (κ3) is 5.04. The Kier molecular flexibility index (Phi) is 7.55. The molecule has 0 spiro atoms. The number of hydrogen-bond donors (Lipinski definition) is 2. The van der Waals surface area contributed by atoms with Gasteiger partial charge < -0.3 is 10.2 Å². The Morgan fingerprint density at radius 1 is 1.10 bits per heavy atom. The molecule has 3 aliphatic rings. The molecule has 0 radical (unpaired) electrons. The van der Waals surface area contributed by atoms with Crippen molar-refractivity contribution >= 4 is 5.78 Å². The fourth-order valence-electron chi connectivity index (χ4n) is 7.23. The van der Waals surface area contributed by atoms with Gasteiger partial charge in [-0.05, 0) is 92.6 Å². The zero-order valence-corrected chi connectivity index (χ0v) is 20.1. The highest BCUT2D eigenvalue weighted by Gasteiger charge is 2.53. The van der Waals surface area contributed by atoms with E-state index < -0.39 is 11.7 Å². The molecular formula is C27H46O3. The molecule has 3 nitrogen and oxygen atoms in total. The molecule has 30 heavy (non-hydrogen) atoms. The molecule has 3 saturated carbocycles. The molecule has 172 valence electrons. The minimum Gasteiger partial charge on any atom is -0.393 e. The number of carbonyl (C=O) groups excluding carboxylic acids is 1. The van der Waals surface area contributed by atoms with E-state index in [9.17, 15) is 15.0 Å². The topological polar surface area (TPSA) is 57.5 Å². The Bertz CT molecular complexity index is 634. The summed E-state index contributed by atoms with van der Waals surface area (Å²) < 4.78 is 0. The van der Waals surface area contributed by atoms with Crippen LogP contribution in [-0.4, -0.2) is 27.7 Å². The van der Waals surface area contributed by atoms with Crippen LogP contribution in [0.4, 0.5) is 0 Å². The molecule has 3 heteroatoms. The maximum atomic E-state index is 13.4. The highest BCUT2D eigenvalue weighted by atomic mass is 16.3. The van der Waals surface area contributed by atoms with Gasteiger partial charge in [0.05, 0.1) is 11.7 Å². The van der Waals surface area contributed by atoms with Gasteiger partial charge in [-0.25, -0.2) is 0 Å². The lowest BCUT2D eigenvalue weighted by Gasteiger charge is -2.46. The predicted octanol–water partition coefficient (Wildman–Crippen LogP) is 6.07.